The molecule has 2 aliphatic rings. The van der Waals surface area contributed by atoms with Crippen LogP contribution in [0.25, 0.3) is 11.1 Å². The minimum absolute atomic E-state index is 0.0180. The summed E-state index contributed by atoms with van der Waals surface area (Å²) >= 11 is 0. The summed E-state index contributed by atoms with van der Waals surface area (Å²) in [5, 5.41) is 14.2. The van der Waals surface area contributed by atoms with Crippen LogP contribution in [0.2, 0.25) is 0 Å². The number of hydrogen-bond donors (Lipinski definition) is 3. The number of benzene rings is 2. The molecule has 2 aliphatic heterocycles. The molecule has 0 saturated carbocycles. The van der Waals surface area contributed by atoms with Crippen LogP contribution in [0.3, 0.4) is 0 Å². The number of carbonyl (C=O) groups excluding carboxylic acids is 1. The van der Waals surface area contributed by atoms with Crippen LogP contribution in [0.4, 0.5) is 10.8 Å². The number of anilines is 1. The first-order valence-electron chi connectivity index (χ1n) is 13.7. The van der Waals surface area contributed by atoms with Crippen molar-refractivity contribution in [1.29, 1.82) is 0 Å². The predicted molar refractivity (Wildman–Crippen MR) is 149 cm³/mol. The molecule has 41 heavy (non-hydrogen) atoms. The van der Waals surface area contributed by atoms with Gasteiger partial charge in [0.1, 0.15) is 11.6 Å². The minimum Gasteiger partial charge on any atom is -0.443 e. The van der Waals surface area contributed by atoms with Crippen molar-refractivity contribution >= 4 is 33.2 Å². The summed E-state index contributed by atoms with van der Waals surface area (Å²) in [6.07, 6.45) is -1.82. The van der Waals surface area contributed by atoms with Crippen LogP contribution in [0.5, 0.6) is 0 Å². The van der Waals surface area contributed by atoms with Gasteiger partial charge in [-0.3, -0.25) is 0 Å². The van der Waals surface area contributed by atoms with Gasteiger partial charge in [-0.15, -0.1) is 0 Å². The first-order valence-corrected chi connectivity index (χ1v) is 15.1. The predicted octanol–water partition coefficient (Wildman–Crippen LogP) is 2.52. The molecule has 0 bridgehead atoms. The van der Waals surface area contributed by atoms with Crippen LogP contribution in [-0.2, 0) is 30.7 Å². The van der Waals surface area contributed by atoms with Gasteiger partial charge < -0.3 is 34.8 Å². The fraction of sp³-hybridized carbons (Fsp3) is 0.500. The Morgan fingerprint density at radius 3 is 2.73 bits per heavy atom. The topological polar surface area (TPSA) is 166 Å². The number of aliphatic hydroxyl groups is 1. The molecular formula is C28H36N4O8S. The molecule has 222 valence electrons. The van der Waals surface area contributed by atoms with Gasteiger partial charge in [0.2, 0.25) is 10.0 Å². The molecule has 0 radical (unpaired) electrons. The van der Waals surface area contributed by atoms with Crippen molar-refractivity contribution in [1.82, 2.24) is 14.6 Å². The third-order valence-corrected chi connectivity index (χ3v) is 9.11. The van der Waals surface area contributed by atoms with Crippen molar-refractivity contribution in [3.05, 3.63) is 54.1 Å². The smallest absolute Gasteiger partial charge is 0.407 e. The maximum absolute atomic E-state index is 13.8. The van der Waals surface area contributed by atoms with Gasteiger partial charge in [-0.25, -0.2) is 13.2 Å². The van der Waals surface area contributed by atoms with E-state index >= 15 is 0 Å². The molecule has 0 aliphatic carbocycles. The SMILES string of the molecule is CC(C)CN(CC(O)C(Cc1ccccc1)NC(=O)OC1COC2OCCC12)S(=O)(=O)c1ccc2nc(N)oc2c1. The summed E-state index contributed by atoms with van der Waals surface area (Å²) < 4.78 is 50.8. The third-order valence-electron chi connectivity index (χ3n) is 7.28. The van der Waals surface area contributed by atoms with E-state index in [4.69, 9.17) is 24.4 Å². The molecule has 5 unspecified atom stereocenters. The van der Waals surface area contributed by atoms with Crippen molar-refractivity contribution < 1.29 is 36.9 Å². The van der Waals surface area contributed by atoms with E-state index in [2.05, 4.69) is 10.3 Å². The average Bonchev–Trinajstić information content (AvgIpc) is 3.64. The molecule has 5 rings (SSSR count). The summed E-state index contributed by atoms with van der Waals surface area (Å²) in [5.41, 5.74) is 7.16. The minimum atomic E-state index is -4.07. The van der Waals surface area contributed by atoms with Crippen LogP contribution in [0.1, 0.15) is 25.8 Å². The summed E-state index contributed by atoms with van der Waals surface area (Å²) in [7, 11) is -4.07. The highest BCUT2D eigenvalue weighted by Crippen LogP contribution is 2.33. The van der Waals surface area contributed by atoms with Gasteiger partial charge in [-0.2, -0.15) is 9.29 Å². The number of nitrogens with one attached hydrogen (secondary N) is 1. The van der Waals surface area contributed by atoms with Gasteiger partial charge in [0.05, 0.1) is 36.2 Å². The highest BCUT2D eigenvalue weighted by molar-refractivity contribution is 7.89. The lowest BCUT2D eigenvalue weighted by molar-refractivity contribution is -0.0907. The standard InChI is InChI=1S/C28H36N4O8S/c1-17(2)14-32(41(35,36)19-8-9-21-24(13-19)39-27(29)30-21)15-23(33)22(12-18-6-4-3-5-7-18)31-28(34)40-25-16-38-26-20(25)10-11-37-26/h3-9,13,17,20,22-23,25-26,33H,10-12,14-16H2,1-2H3,(H2,29,30)(H,31,34). The fourth-order valence-corrected chi connectivity index (χ4v) is 6.91. The number of ether oxygens (including phenoxy) is 3. The molecule has 2 saturated heterocycles. The van der Waals surface area contributed by atoms with Crippen molar-refractivity contribution in [2.24, 2.45) is 11.8 Å². The Balaban J connectivity index is 1.35. The van der Waals surface area contributed by atoms with E-state index in [1.807, 2.05) is 44.2 Å². The molecule has 12 nitrogen and oxygen atoms in total. The summed E-state index contributed by atoms with van der Waals surface area (Å²) in [5.74, 6) is -0.0851. The van der Waals surface area contributed by atoms with Crippen LogP contribution in [-0.4, -0.2) is 79.7 Å². The Morgan fingerprint density at radius 1 is 1.20 bits per heavy atom. The Hall–Kier alpha value is -3.23. The molecule has 1 aromatic heterocycles. The third kappa shape index (κ3) is 6.81. The Labute approximate surface area is 238 Å². The van der Waals surface area contributed by atoms with Crippen LogP contribution in [0.15, 0.2) is 57.8 Å². The van der Waals surface area contributed by atoms with Crippen molar-refractivity contribution in [2.45, 2.75) is 56.1 Å². The van der Waals surface area contributed by atoms with E-state index in [1.165, 1.54) is 22.5 Å². The molecule has 4 N–H and O–H groups in total. The largest absolute Gasteiger partial charge is 0.443 e. The molecule has 5 atom stereocenters. The van der Waals surface area contributed by atoms with Crippen molar-refractivity contribution in [3.8, 4) is 0 Å². The number of sulfonamides is 1. The summed E-state index contributed by atoms with van der Waals surface area (Å²) in [4.78, 5) is 17.0. The van der Waals surface area contributed by atoms with E-state index in [0.717, 1.165) is 12.0 Å². The second-order valence-corrected chi connectivity index (χ2v) is 12.8. The van der Waals surface area contributed by atoms with Gasteiger partial charge in [0, 0.05) is 19.2 Å². The van der Waals surface area contributed by atoms with E-state index in [9.17, 15) is 18.3 Å². The molecule has 1 amide bonds. The zero-order chi connectivity index (χ0) is 29.1. The second kappa shape index (κ2) is 12.3. The highest BCUT2D eigenvalue weighted by Gasteiger charge is 2.44. The number of rotatable bonds is 11. The number of oxazole rings is 1. The zero-order valence-electron chi connectivity index (χ0n) is 23.0. The first kappa shape index (κ1) is 29.3. The molecule has 2 fully saturated rings. The van der Waals surface area contributed by atoms with Crippen molar-refractivity contribution in [3.63, 3.8) is 0 Å². The van der Waals surface area contributed by atoms with Gasteiger partial charge >= 0.3 is 6.09 Å². The molecule has 0 spiro atoms. The van der Waals surface area contributed by atoms with E-state index in [0.29, 0.717) is 12.1 Å². The monoisotopic (exact) mass is 588 g/mol. The number of fused-ring (bicyclic) bond motifs is 2. The lowest BCUT2D eigenvalue weighted by atomic mass is 10.0. The van der Waals surface area contributed by atoms with Gasteiger partial charge in [0.15, 0.2) is 11.9 Å². The fourth-order valence-electron chi connectivity index (χ4n) is 5.27. The van der Waals surface area contributed by atoms with E-state index in [-0.39, 0.29) is 60.7 Å². The number of nitrogens with two attached hydrogens (primary N) is 1. The summed E-state index contributed by atoms with van der Waals surface area (Å²) in [6, 6.07) is 12.7. The van der Waals surface area contributed by atoms with Gasteiger partial charge in [0.25, 0.3) is 6.01 Å². The average molecular weight is 589 g/mol. The highest BCUT2D eigenvalue weighted by atomic mass is 32.2. The van der Waals surface area contributed by atoms with Gasteiger partial charge in [-0.1, -0.05) is 44.2 Å². The van der Waals surface area contributed by atoms with Gasteiger partial charge in [-0.05, 0) is 36.5 Å². The van der Waals surface area contributed by atoms with Crippen molar-refractivity contribution in [2.75, 3.05) is 32.0 Å². The van der Waals surface area contributed by atoms with E-state index < -0.39 is 34.4 Å². The maximum Gasteiger partial charge on any atom is 0.407 e. The van der Waals surface area contributed by atoms with Crippen LogP contribution < -0.4 is 11.1 Å². The Morgan fingerprint density at radius 2 is 1.98 bits per heavy atom. The van der Waals surface area contributed by atoms with Crippen LogP contribution >= 0.6 is 0 Å². The first-order chi connectivity index (χ1) is 19.6. The summed E-state index contributed by atoms with van der Waals surface area (Å²) in [6.45, 7) is 4.42. The van der Waals surface area contributed by atoms with E-state index in [1.54, 1.807) is 0 Å². The lowest BCUT2D eigenvalue weighted by Gasteiger charge is -2.31. The second-order valence-electron chi connectivity index (χ2n) is 10.9. The molecular weight excluding hydrogens is 552 g/mol. The zero-order valence-corrected chi connectivity index (χ0v) is 23.8. The quantitative estimate of drug-likeness (QED) is 0.303. The number of aromatic nitrogens is 1. The number of nitrogens with zero attached hydrogens (tertiary/aromatic N) is 2. The number of alkyl carbamates (subject to hydrolysis) is 1. The number of carbonyl (C=O) groups is 1. The lowest BCUT2D eigenvalue weighted by Crippen LogP contribution is -2.51. The Bertz CT molecular complexity index is 1450. The normalized spacial score (nSPS) is 22.2. The number of aliphatic hydroxyl groups excluding tert-OH is 1. The number of amides is 1. The molecule has 3 aromatic rings. The number of nitrogen functional groups attached to an aromatic ring is 1. The molecule has 2 aromatic carbocycles. The van der Waals surface area contributed by atoms with Crippen LogP contribution in [0, 0.1) is 11.8 Å². The maximum atomic E-state index is 13.8. The molecule has 3 heterocycles. The molecule has 13 heteroatoms. The Kier molecular flexibility index (Phi) is 8.80. The number of hydrogen-bond acceptors (Lipinski definition) is 10.